The number of nitrogens with one attached hydrogen (secondary N) is 1. The van der Waals surface area contributed by atoms with Gasteiger partial charge in [-0.1, -0.05) is 18.2 Å². The van der Waals surface area contributed by atoms with Crippen molar-refractivity contribution in [3.05, 3.63) is 34.9 Å². The first-order valence-corrected chi connectivity index (χ1v) is 5.41. The first-order chi connectivity index (χ1) is 7.28. The normalized spacial score (nSPS) is 23.0. The molecule has 0 aromatic heterocycles. The summed E-state index contributed by atoms with van der Waals surface area (Å²) in [6.45, 7) is 2.85. The number of hydrogen-bond donors (Lipinski definition) is 2. The van der Waals surface area contributed by atoms with Crippen LogP contribution in [0.2, 0.25) is 0 Å². The summed E-state index contributed by atoms with van der Waals surface area (Å²) in [7, 11) is 0. The molecule has 0 aliphatic carbocycles. The van der Waals surface area contributed by atoms with Gasteiger partial charge < -0.3 is 15.2 Å². The SMILES string of the molecule is OC1(c2ccc3c(c2)CCOC3)CNC1. The minimum absolute atomic E-state index is 0.632. The van der Waals surface area contributed by atoms with E-state index in [4.69, 9.17) is 4.74 Å². The molecule has 0 bridgehead atoms. The molecule has 3 nitrogen and oxygen atoms in total. The molecular weight excluding hydrogens is 190 g/mol. The zero-order valence-corrected chi connectivity index (χ0v) is 8.62. The Morgan fingerprint density at radius 1 is 1.27 bits per heavy atom. The third-order valence-electron chi connectivity index (χ3n) is 3.35. The van der Waals surface area contributed by atoms with Gasteiger partial charge in [0.1, 0.15) is 5.60 Å². The largest absolute Gasteiger partial charge is 0.382 e. The molecule has 0 radical (unpaired) electrons. The fraction of sp³-hybridized carbons (Fsp3) is 0.500. The summed E-state index contributed by atoms with van der Waals surface area (Å²) in [5.41, 5.74) is 3.01. The summed E-state index contributed by atoms with van der Waals surface area (Å²) < 4.78 is 5.39. The second-order valence-corrected chi connectivity index (χ2v) is 4.42. The molecule has 2 N–H and O–H groups in total. The summed E-state index contributed by atoms with van der Waals surface area (Å²) in [4.78, 5) is 0. The average molecular weight is 205 g/mol. The topological polar surface area (TPSA) is 41.5 Å². The van der Waals surface area contributed by atoms with E-state index in [-0.39, 0.29) is 0 Å². The minimum atomic E-state index is -0.632. The van der Waals surface area contributed by atoms with Crippen molar-refractivity contribution in [2.75, 3.05) is 19.7 Å². The number of hydrogen-bond acceptors (Lipinski definition) is 3. The van der Waals surface area contributed by atoms with Crippen LogP contribution in [0.15, 0.2) is 18.2 Å². The van der Waals surface area contributed by atoms with Crippen LogP contribution in [0.3, 0.4) is 0 Å². The molecule has 0 atom stereocenters. The van der Waals surface area contributed by atoms with Gasteiger partial charge in [0.25, 0.3) is 0 Å². The van der Waals surface area contributed by atoms with Gasteiger partial charge >= 0.3 is 0 Å². The molecule has 80 valence electrons. The van der Waals surface area contributed by atoms with E-state index in [2.05, 4.69) is 17.4 Å². The number of β-amino-alcohol motifs (C(OH)–C–C–N with tert-alkyl or cyclic N) is 1. The monoisotopic (exact) mass is 205 g/mol. The highest BCUT2D eigenvalue weighted by Crippen LogP contribution is 2.28. The van der Waals surface area contributed by atoms with Crippen LogP contribution in [0, 0.1) is 0 Å². The molecule has 3 rings (SSSR count). The predicted octanol–water partition coefficient (Wildman–Crippen LogP) is 0.550. The van der Waals surface area contributed by atoms with E-state index in [1.54, 1.807) is 0 Å². The Kier molecular flexibility index (Phi) is 2.06. The smallest absolute Gasteiger partial charge is 0.114 e. The van der Waals surface area contributed by atoms with Gasteiger partial charge in [-0.25, -0.2) is 0 Å². The van der Waals surface area contributed by atoms with Crippen molar-refractivity contribution < 1.29 is 9.84 Å². The Morgan fingerprint density at radius 3 is 2.87 bits per heavy atom. The molecule has 0 spiro atoms. The van der Waals surface area contributed by atoms with Crippen LogP contribution < -0.4 is 5.32 Å². The van der Waals surface area contributed by atoms with Crippen LogP contribution in [0.25, 0.3) is 0 Å². The number of aliphatic hydroxyl groups is 1. The Balaban J connectivity index is 1.97. The van der Waals surface area contributed by atoms with Gasteiger partial charge in [-0.2, -0.15) is 0 Å². The van der Waals surface area contributed by atoms with Gasteiger partial charge in [0.2, 0.25) is 0 Å². The van der Waals surface area contributed by atoms with Crippen LogP contribution in [-0.2, 0) is 23.4 Å². The maximum atomic E-state index is 10.2. The molecule has 1 aromatic rings. The lowest BCUT2D eigenvalue weighted by Crippen LogP contribution is -2.56. The average Bonchev–Trinajstić information content (AvgIpc) is 2.25. The Morgan fingerprint density at radius 2 is 2.13 bits per heavy atom. The maximum Gasteiger partial charge on any atom is 0.114 e. The second kappa shape index (κ2) is 3.30. The van der Waals surface area contributed by atoms with Crippen molar-refractivity contribution in [3.63, 3.8) is 0 Å². The Labute approximate surface area is 89.1 Å². The van der Waals surface area contributed by atoms with E-state index in [0.29, 0.717) is 19.7 Å². The van der Waals surface area contributed by atoms with E-state index in [0.717, 1.165) is 18.6 Å². The minimum Gasteiger partial charge on any atom is -0.382 e. The van der Waals surface area contributed by atoms with E-state index in [1.807, 2.05) is 6.07 Å². The number of benzene rings is 1. The highest BCUT2D eigenvalue weighted by molar-refractivity contribution is 5.37. The highest BCUT2D eigenvalue weighted by Gasteiger charge is 2.36. The molecule has 1 fully saturated rings. The first-order valence-electron chi connectivity index (χ1n) is 5.41. The van der Waals surface area contributed by atoms with Crippen LogP contribution >= 0.6 is 0 Å². The first kappa shape index (κ1) is 9.33. The number of rotatable bonds is 1. The van der Waals surface area contributed by atoms with Crippen molar-refractivity contribution in [1.29, 1.82) is 0 Å². The second-order valence-electron chi connectivity index (χ2n) is 4.42. The highest BCUT2D eigenvalue weighted by atomic mass is 16.5. The predicted molar refractivity (Wildman–Crippen MR) is 56.6 cm³/mol. The van der Waals surface area contributed by atoms with Gasteiger partial charge in [-0.15, -0.1) is 0 Å². The molecular formula is C12H15NO2. The van der Waals surface area contributed by atoms with Crippen molar-refractivity contribution in [1.82, 2.24) is 5.32 Å². The summed E-state index contributed by atoms with van der Waals surface area (Å²) in [5.74, 6) is 0. The van der Waals surface area contributed by atoms with Gasteiger partial charge in [-0.3, -0.25) is 0 Å². The van der Waals surface area contributed by atoms with Crippen LogP contribution in [0.1, 0.15) is 16.7 Å². The molecule has 2 aliphatic rings. The summed E-state index contributed by atoms with van der Waals surface area (Å²) in [6.07, 6.45) is 0.965. The molecule has 2 aliphatic heterocycles. The number of fused-ring (bicyclic) bond motifs is 1. The number of ether oxygens (including phenoxy) is 1. The van der Waals surface area contributed by atoms with E-state index >= 15 is 0 Å². The van der Waals surface area contributed by atoms with Crippen LogP contribution in [0.4, 0.5) is 0 Å². The molecule has 0 unspecified atom stereocenters. The lowest BCUT2D eigenvalue weighted by atomic mass is 9.85. The quantitative estimate of drug-likeness (QED) is 0.703. The lowest BCUT2D eigenvalue weighted by molar-refractivity contribution is -0.0148. The van der Waals surface area contributed by atoms with E-state index in [9.17, 15) is 5.11 Å². The van der Waals surface area contributed by atoms with E-state index < -0.39 is 5.60 Å². The maximum absolute atomic E-state index is 10.2. The van der Waals surface area contributed by atoms with Crippen molar-refractivity contribution >= 4 is 0 Å². The lowest BCUT2D eigenvalue weighted by Gasteiger charge is -2.38. The fourth-order valence-electron chi connectivity index (χ4n) is 2.22. The Hall–Kier alpha value is -0.900. The molecule has 2 heterocycles. The van der Waals surface area contributed by atoms with Gasteiger partial charge in [-0.05, 0) is 23.1 Å². The fourth-order valence-corrected chi connectivity index (χ4v) is 2.22. The van der Waals surface area contributed by atoms with Crippen molar-refractivity contribution in [2.45, 2.75) is 18.6 Å². The summed E-state index contributed by atoms with van der Waals surface area (Å²) in [5, 5.41) is 13.3. The molecule has 0 amide bonds. The van der Waals surface area contributed by atoms with Crippen LogP contribution in [-0.4, -0.2) is 24.8 Å². The standard InChI is InChI=1S/C12H15NO2/c14-12(7-13-8-12)11-2-1-10-6-15-4-3-9(10)5-11/h1-2,5,13-14H,3-4,6-8H2. The van der Waals surface area contributed by atoms with Crippen LogP contribution in [0.5, 0.6) is 0 Å². The zero-order chi connectivity index (χ0) is 10.3. The molecule has 3 heteroatoms. The van der Waals surface area contributed by atoms with Crippen molar-refractivity contribution in [3.8, 4) is 0 Å². The van der Waals surface area contributed by atoms with Gasteiger partial charge in [0, 0.05) is 13.1 Å². The van der Waals surface area contributed by atoms with Gasteiger partial charge in [0.05, 0.1) is 13.2 Å². The summed E-state index contributed by atoms with van der Waals surface area (Å²) in [6, 6.07) is 6.24. The Bertz CT molecular complexity index is 385. The molecule has 1 aromatic carbocycles. The van der Waals surface area contributed by atoms with E-state index in [1.165, 1.54) is 11.1 Å². The molecule has 1 saturated heterocycles. The van der Waals surface area contributed by atoms with Crippen molar-refractivity contribution in [2.24, 2.45) is 0 Å². The zero-order valence-electron chi connectivity index (χ0n) is 8.62. The summed E-state index contributed by atoms with van der Waals surface area (Å²) >= 11 is 0. The molecule has 0 saturated carbocycles. The van der Waals surface area contributed by atoms with Gasteiger partial charge in [0.15, 0.2) is 0 Å². The molecule has 15 heavy (non-hydrogen) atoms. The third-order valence-corrected chi connectivity index (χ3v) is 3.35. The third kappa shape index (κ3) is 1.47.